The van der Waals surface area contributed by atoms with Crippen molar-refractivity contribution in [3.05, 3.63) is 108 Å². The highest BCUT2D eigenvalue weighted by atomic mass is 16.9. The van der Waals surface area contributed by atoms with Gasteiger partial charge in [0, 0.05) is 5.56 Å². The Balaban J connectivity index is 1.12. The molecule has 5 saturated heterocycles. The lowest BCUT2D eigenvalue weighted by Crippen LogP contribution is -2.64. The maximum absolute atomic E-state index is 6.99. The van der Waals surface area contributed by atoms with Gasteiger partial charge in [-0.25, -0.2) is 0 Å². The fourth-order valence-electron chi connectivity index (χ4n) is 7.33. The summed E-state index contributed by atoms with van der Waals surface area (Å²) in [4.78, 5) is 0. The van der Waals surface area contributed by atoms with E-state index in [0.717, 1.165) is 16.7 Å². The van der Waals surface area contributed by atoms with Gasteiger partial charge >= 0.3 is 0 Å². The Bertz CT molecular complexity index is 1540. The minimum Gasteiger partial charge on any atom is -0.368 e. The van der Waals surface area contributed by atoms with Crippen LogP contribution in [0.2, 0.25) is 0 Å². The van der Waals surface area contributed by atoms with Crippen molar-refractivity contribution < 1.29 is 52.1 Å². The van der Waals surface area contributed by atoms with E-state index >= 15 is 0 Å². The van der Waals surface area contributed by atoms with Gasteiger partial charge in [-0.15, -0.1) is 0 Å². The zero-order valence-electron chi connectivity index (χ0n) is 28.8. The number of hydrogen-bond donors (Lipinski definition) is 0. The van der Waals surface area contributed by atoms with Crippen LogP contribution >= 0.6 is 0 Å². The fraction of sp³-hybridized carbons (Fsp3) is 0.538. The summed E-state index contributed by atoms with van der Waals surface area (Å²) < 4.78 is 71.5. The first-order valence-electron chi connectivity index (χ1n) is 17.5. The maximum Gasteiger partial charge on any atom is 0.190 e. The SMILES string of the molecule is CC1(C)O[C@H]2O[C@H]([C@H]3COC(C)(C)O3)[C@H](O[C@H]3O[C@@H]4CO[C@@H](c5ccccc5)O[C@H]4[C@H](OCc4ccccc4)[C@@H]3OCc3ccccc3)[C@H]2O1. The second-order valence-electron chi connectivity index (χ2n) is 14.3. The lowest BCUT2D eigenvalue weighted by Gasteiger charge is -2.49. The molecule has 0 N–H and O–H groups in total. The van der Waals surface area contributed by atoms with Crippen LogP contribution in [0.15, 0.2) is 91.0 Å². The molecule has 0 aromatic heterocycles. The maximum atomic E-state index is 6.99. The van der Waals surface area contributed by atoms with Crippen molar-refractivity contribution in [2.24, 2.45) is 0 Å². The van der Waals surface area contributed by atoms with E-state index in [1.165, 1.54) is 0 Å². The second-order valence-corrected chi connectivity index (χ2v) is 14.3. The molecule has 5 heterocycles. The molecule has 0 amide bonds. The summed E-state index contributed by atoms with van der Waals surface area (Å²) in [5, 5.41) is 0. The van der Waals surface area contributed by atoms with Crippen LogP contribution in [0, 0.1) is 0 Å². The van der Waals surface area contributed by atoms with Crippen LogP contribution in [0.3, 0.4) is 0 Å². The van der Waals surface area contributed by atoms with E-state index in [1.807, 2.05) is 119 Å². The first-order valence-corrected chi connectivity index (χ1v) is 17.5. The van der Waals surface area contributed by atoms with Gasteiger partial charge in [0.15, 0.2) is 30.4 Å². The topological polar surface area (TPSA) is 102 Å². The lowest BCUT2D eigenvalue weighted by molar-refractivity contribution is -0.381. The predicted octanol–water partition coefficient (Wildman–Crippen LogP) is 5.41. The summed E-state index contributed by atoms with van der Waals surface area (Å²) in [6, 6.07) is 29.9. The summed E-state index contributed by atoms with van der Waals surface area (Å²) in [5.41, 5.74) is 2.93. The first-order chi connectivity index (χ1) is 24.2. The predicted molar refractivity (Wildman–Crippen MR) is 177 cm³/mol. The number of benzene rings is 3. The highest BCUT2D eigenvalue weighted by molar-refractivity contribution is 5.18. The Morgan fingerprint density at radius 3 is 1.84 bits per heavy atom. The molecule has 0 radical (unpaired) electrons. The molecule has 11 atom stereocenters. The molecule has 3 aromatic carbocycles. The molecule has 5 aliphatic rings. The summed E-state index contributed by atoms with van der Waals surface area (Å²) >= 11 is 0. The van der Waals surface area contributed by atoms with Gasteiger partial charge < -0.3 is 52.1 Å². The van der Waals surface area contributed by atoms with Gasteiger partial charge in [-0.3, -0.25) is 0 Å². The molecule has 11 heteroatoms. The van der Waals surface area contributed by atoms with Crippen molar-refractivity contribution >= 4 is 0 Å². The molecule has 5 aliphatic heterocycles. The van der Waals surface area contributed by atoms with Crippen molar-refractivity contribution in [2.45, 2.75) is 120 Å². The van der Waals surface area contributed by atoms with E-state index in [-0.39, 0.29) is 6.61 Å². The van der Waals surface area contributed by atoms with Gasteiger partial charge in [-0.2, -0.15) is 0 Å². The van der Waals surface area contributed by atoms with Gasteiger partial charge in [0.25, 0.3) is 0 Å². The second kappa shape index (κ2) is 14.3. The molecule has 0 aliphatic carbocycles. The van der Waals surface area contributed by atoms with E-state index in [0.29, 0.717) is 19.8 Å². The van der Waals surface area contributed by atoms with Crippen molar-refractivity contribution in [1.82, 2.24) is 0 Å². The van der Waals surface area contributed by atoms with E-state index < -0.39 is 79.3 Å². The molecule has 0 saturated carbocycles. The Morgan fingerprint density at radius 2 is 1.20 bits per heavy atom. The minimum absolute atomic E-state index is 0.262. The van der Waals surface area contributed by atoms with Crippen LogP contribution < -0.4 is 0 Å². The molecular formula is C39H46O11. The van der Waals surface area contributed by atoms with E-state index in [9.17, 15) is 0 Å². The number of ether oxygens (including phenoxy) is 11. The minimum atomic E-state index is -0.918. The molecule has 8 rings (SSSR count). The molecule has 0 bridgehead atoms. The van der Waals surface area contributed by atoms with E-state index in [2.05, 4.69) is 0 Å². The summed E-state index contributed by atoms with van der Waals surface area (Å²) in [7, 11) is 0. The normalized spacial score (nSPS) is 37.3. The van der Waals surface area contributed by atoms with Gasteiger partial charge in [0.1, 0.15) is 48.8 Å². The fourth-order valence-corrected chi connectivity index (χ4v) is 7.33. The molecule has 11 nitrogen and oxygen atoms in total. The molecule has 3 aromatic rings. The molecular weight excluding hydrogens is 644 g/mol. The van der Waals surface area contributed by atoms with Crippen molar-refractivity contribution in [1.29, 1.82) is 0 Å². The highest BCUT2D eigenvalue weighted by Crippen LogP contribution is 2.44. The van der Waals surface area contributed by atoms with Crippen molar-refractivity contribution in [3.8, 4) is 0 Å². The lowest BCUT2D eigenvalue weighted by atomic mass is 9.96. The number of hydrogen-bond acceptors (Lipinski definition) is 11. The van der Waals surface area contributed by atoms with E-state index in [4.69, 9.17) is 52.1 Å². The van der Waals surface area contributed by atoms with Gasteiger partial charge in [0.05, 0.1) is 26.4 Å². The van der Waals surface area contributed by atoms with Crippen LogP contribution in [0.4, 0.5) is 0 Å². The smallest absolute Gasteiger partial charge is 0.190 e. The van der Waals surface area contributed by atoms with Gasteiger partial charge in [-0.1, -0.05) is 91.0 Å². The quantitative estimate of drug-likeness (QED) is 0.273. The van der Waals surface area contributed by atoms with Crippen LogP contribution in [-0.2, 0) is 65.3 Å². The summed E-state index contributed by atoms with van der Waals surface area (Å²) in [5.74, 6) is -1.63. The molecule has 50 heavy (non-hydrogen) atoms. The summed E-state index contributed by atoms with van der Waals surface area (Å²) in [6.45, 7) is 8.71. The van der Waals surface area contributed by atoms with E-state index in [1.54, 1.807) is 0 Å². The monoisotopic (exact) mass is 690 g/mol. The number of fused-ring (bicyclic) bond motifs is 2. The average molecular weight is 691 g/mol. The zero-order valence-corrected chi connectivity index (χ0v) is 28.8. The number of rotatable bonds is 10. The van der Waals surface area contributed by atoms with Crippen molar-refractivity contribution in [2.75, 3.05) is 13.2 Å². The summed E-state index contributed by atoms with van der Waals surface area (Å²) in [6.07, 6.45) is -6.73. The Morgan fingerprint density at radius 1 is 0.580 bits per heavy atom. The third-order valence-electron chi connectivity index (χ3n) is 9.64. The van der Waals surface area contributed by atoms with Gasteiger partial charge in [-0.05, 0) is 38.8 Å². The van der Waals surface area contributed by atoms with Crippen LogP contribution in [0.5, 0.6) is 0 Å². The third-order valence-corrected chi connectivity index (χ3v) is 9.64. The Labute approximate surface area is 292 Å². The average Bonchev–Trinajstić information content (AvgIpc) is 3.75. The molecule has 5 fully saturated rings. The van der Waals surface area contributed by atoms with Crippen LogP contribution in [0.25, 0.3) is 0 Å². The third kappa shape index (κ3) is 7.41. The highest BCUT2D eigenvalue weighted by Gasteiger charge is 2.61. The van der Waals surface area contributed by atoms with Crippen molar-refractivity contribution in [3.63, 3.8) is 0 Å². The largest absolute Gasteiger partial charge is 0.368 e. The van der Waals surface area contributed by atoms with Gasteiger partial charge in [0.2, 0.25) is 0 Å². The first kappa shape index (κ1) is 34.3. The van der Waals surface area contributed by atoms with Crippen LogP contribution in [0.1, 0.15) is 50.7 Å². The molecule has 0 unspecified atom stereocenters. The zero-order chi connectivity index (χ0) is 34.3. The molecule has 268 valence electrons. The standard InChI is InChI=1S/C39H46O11/c1-38(2)43-23-28(48-38)30-32(34-37(46-30)50-39(3,4)49-34)47-36-33(41-21-25-16-10-6-11-17-25)31(40-20-24-14-8-5-9-15-24)29-27(44-36)22-42-35(45-29)26-18-12-7-13-19-26/h5-19,27-37H,20-23H2,1-4H3/t27-,28-,29-,30-,31+,32+,33+,34-,35-,36-,37-/m1/s1. The molecule has 0 spiro atoms. The Kier molecular flexibility index (Phi) is 9.83. The Hall–Kier alpha value is -2.78. The van der Waals surface area contributed by atoms with Crippen LogP contribution in [-0.4, -0.2) is 86.2 Å².